The van der Waals surface area contributed by atoms with Gasteiger partial charge in [0.25, 0.3) is 0 Å². The molecule has 1 unspecified atom stereocenters. The molecule has 0 spiro atoms. The summed E-state index contributed by atoms with van der Waals surface area (Å²) >= 11 is 1.46. The minimum atomic E-state index is -0.396. The molecule has 1 atom stereocenters. The molecule has 6 nitrogen and oxygen atoms in total. The highest BCUT2D eigenvalue weighted by Crippen LogP contribution is 2.22. The Balaban J connectivity index is 2.54. The third-order valence-corrected chi connectivity index (χ3v) is 3.53. The molecule has 7 heteroatoms. The predicted octanol–water partition coefficient (Wildman–Crippen LogP) is 0.995. The molecule has 2 amide bonds. The number of nitrogens with one attached hydrogen (secondary N) is 2. The summed E-state index contributed by atoms with van der Waals surface area (Å²) in [5.41, 5.74) is 0. The van der Waals surface area contributed by atoms with Crippen LogP contribution >= 0.6 is 11.3 Å². The van der Waals surface area contributed by atoms with Crippen LogP contribution in [-0.2, 0) is 19.1 Å². The average Bonchev–Trinajstić information content (AvgIpc) is 2.91. The third kappa shape index (κ3) is 5.83. The molecule has 0 bridgehead atoms. The summed E-state index contributed by atoms with van der Waals surface area (Å²) < 4.78 is 4.63. The van der Waals surface area contributed by atoms with Gasteiger partial charge in [0.1, 0.15) is 0 Å². The van der Waals surface area contributed by atoms with Gasteiger partial charge in [-0.25, -0.2) is 0 Å². The number of hydrogen-bond acceptors (Lipinski definition) is 5. The first-order valence-corrected chi connectivity index (χ1v) is 7.05. The van der Waals surface area contributed by atoms with Crippen LogP contribution in [-0.4, -0.2) is 31.4 Å². The van der Waals surface area contributed by atoms with Crippen molar-refractivity contribution >= 4 is 29.1 Å². The number of thiophene rings is 1. The van der Waals surface area contributed by atoms with E-state index < -0.39 is 6.04 Å². The zero-order valence-electron chi connectivity index (χ0n) is 11.5. The summed E-state index contributed by atoms with van der Waals surface area (Å²) in [4.78, 5) is 34.8. The minimum Gasteiger partial charge on any atom is -0.469 e. The lowest BCUT2D eigenvalue weighted by Gasteiger charge is -2.16. The highest BCUT2D eigenvalue weighted by atomic mass is 32.1. The lowest BCUT2D eigenvalue weighted by Crippen LogP contribution is -2.33. The molecule has 0 aliphatic rings. The molecule has 0 aromatic carbocycles. The maximum Gasteiger partial charge on any atom is 0.307 e. The Bertz CT molecular complexity index is 459. The number of amides is 2. The lowest BCUT2D eigenvalue weighted by atomic mass is 10.1. The normalized spacial score (nSPS) is 11.5. The van der Waals surface area contributed by atoms with Crippen molar-refractivity contribution in [3.63, 3.8) is 0 Å². The third-order valence-electron chi connectivity index (χ3n) is 2.55. The maximum absolute atomic E-state index is 11.8. The van der Waals surface area contributed by atoms with Gasteiger partial charge >= 0.3 is 5.97 Å². The molecule has 1 aromatic rings. The second-order valence-corrected chi connectivity index (χ2v) is 5.13. The Hall–Kier alpha value is -1.89. The molecule has 1 rings (SSSR count). The first kappa shape index (κ1) is 16.2. The van der Waals surface area contributed by atoms with Crippen LogP contribution < -0.4 is 10.6 Å². The van der Waals surface area contributed by atoms with Crippen LogP contribution in [0.3, 0.4) is 0 Å². The number of ether oxygens (including phenoxy) is 1. The molecule has 110 valence electrons. The summed E-state index contributed by atoms with van der Waals surface area (Å²) in [6.45, 7) is 1.67. The number of methoxy groups -OCH3 is 1. The fourth-order valence-electron chi connectivity index (χ4n) is 1.58. The van der Waals surface area contributed by atoms with Crippen LogP contribution in [0.2, 0.25) is 0 Å². The van der Waals surface area contributed by atoms with Gasteiger partial charge in [-0.1, -0.05) is 6.07 Å². The second-order valence-electron chi connectivity index (χ2n) is 4.15. The Morgan fingerprint density at radius 2 is 2.15 bits per heavy atom. The van der Waals surface area contributed by atoms with E-state index in [-0.39, 0.29) is 37.2 Å². The van der Waals surface area contributed by atoms with Gasteiger partial charge in [0.05, 0.1) is 19.6 Å². The molecule has 0 aliphatic heterocycles. The second kappa shape index (κ2) is 8.31. The van der Waals surface area contributed by atoms with Crippen LogP contribution in [0.4, 0.5) is 0 Å². The molecule has 0 radical (unpaired) electrons. The summed E-state index contributed by atoms with van der Waals surface area (Å²) in [7, 11) is 1.31. The Morgan fingerprint density at radius 3 is 2.70 bits per heavy atom. The largest absolute Gasteiger partial charge is 0.469 e. The molecule has 0 saturated carbocycles. The number of esters is 1. The number of hydrogen-bond donors (Lipinski definition) is 2. The Labute approximate surface area is 121 Å². The number of carbonyl (C=O) groups is 3. The van der Waals surface area contributed by atoms with Crippen LogP contribution in [0.1, 0.15) is 30.7 Å². The van der Waals surface area contributed by atoms with Gasteiger partial charge in [-0.2, -0.15) is 0 Å². The van der Waals surface area contributed by atoms with E-state index in [1.165, 1.54) is 25.4 Å². The molecular formula is C13H18N2O4S. The van der Waals surface area contributed by atoms with E-state index in [4.69, 9.17) is 0 Å². The number of rotatable bonds is 7. The van der Waals surface area contributed by atoms with E-state index in [0.29, 0.717) is 0 Å². The summed E-state index contributed by atoms with van der Waals surface area (Å²) in [5.74, 6) is -0.784. The zero-order chi connectivity index (χ0) is 15.0. The topological polar surface area (TPSA) is 84.5 Å². The first-order chi connectivity index (χ1) is 9.52. The van der Waals surface area contributed by atoms with Gasteiger partial charge in [0, 0.05) is 24.8 Å². The molecule has 1 aromatic heterocycles. The SMILES string of the molecule is COC(=O)CC(NC(=O)CCNC(C)=O)c1cccs1. The predicted molar refractivity (Wildman–Crippen MR) is 75.1 cm³/mol. The smallest absolute Gasteiger partial charge is 0.307 e. The summed E-state index contributed by atoms with van der Waals surface area (Å²) in [6.07, 6.45) is 0.255. The molecule has 0 saturated heterocycles. The van der Waals surface area contributed by atoms with Crippen LogP contribution in [0.25, 0.3) is 0 Å². The van der Waals surface area contributed by atoms with Gasteiger partial charge in [-0.3, -0.25) is 14.4 Å². The molecular weight excluding hydrogens is 280 g/mol. The van der Waals surface area contributed by atoms with Gasteiger partial charge < -0.3 is 15.4 Å². The fraction of sp³-hybridized carbons (Fsp3) is 0.462. The molecule has 0 aliphatic carbocycles. The average molecular weight is 298 g/mol. The maximum atomic E-state index is 11.8. The Kier molecular flexibility index (Phi) is 6.72. The van der Waals surface area contributed by atoms with Gasteiger partial charge in [0.15, 0.2) is 0 Å². The number of carbonyl (C=O) groups excluding carboxylic acids is 3. The van der Waals surface area contributed by atoms with Crippen molar-refractivity contribution in [2.75, 3.05) is 13.7 Å². The van der Waals surface area contributed by atoms with Gasteiger partial charge in [-0.15, -0.1) is 11.3 Å². The highest BCUT2D eigenvalue weighted by molar-refractivity contribution is 7.10. The van der Waals surface area contributed by atoms with E-state index in [1.54, 1.807) is 0 Å². The quantitative estimate of drug-likeness (QED) is 0.735. The fourth-order valence-corrected chi connectivity index (χ4v) is 2.36. The monoisotopic (exact) mass is 298 g/mol. The summed E-state index contributed by atoms with van der Waals surface area (Å²) in [6, 6.07) is 3.31. The first-order valence-electron chi connectivity index (χ1n) is 6.17. The van der Waals surface area contributed by atoms with Gasteiger partial charge in [0.2, 0.25) is 11.8 Å². The zero-order valence-corrected chi connectivity index (χ0v) is 12.3. The van der Waals surface area contributed by atoms with E-state index in [9.17, 15) is 14.4 Å². The molecule has 1 heterocycles. The molecule has 20 heavy (non-hydrogen) atoms. The van der Waals surface area contributed by atoms with Crippen molar-refractivity contribution in [1.29, 1.82) is 0 Å². The Morgan fingerprint density at radius 1 is 1.40 bits per heavy atom. The molecule has 2 N–H and O–H groups in total. The van der Waals surface area contributed by atoms with Crippen molar-refractivity contribution in [1.82, 2.24) is 10.6 Å². The van der Waals surface area contributed by atoms with Crippen LogP contribution in [0.15, 0.2) is 17.5 Å². The van der Waals surface area contributed by atoms with Gasteiger partial charge in [-0.05, 0) is 11.4 Å². The van der Waals surface area contributed by atoms with Crippen molar-refractivity contribution in [2.24, 2.45) is 0 Å². The van der Waals surface area contributed by atoms with E-state index in [0.717, 1.165) is 4.88 Å². The van der Waals surface area contributed by atoms with Crippen LogP contribution in [0.5, 0.6) is 0 Å². The van der Waals surface area contributed by atoms with Crippen molar-refractivity contribution in [2.45, 2.75) is 25.8 Å². The molecule has 0 fully saturated rings. The van der Waals surface area contributed by atoms with E-state index in [2.05, 4.69) is 15.4 Å². The van der Waals surface area contributed by atoms with Crippen LogP contribution in [0, 0.1) is 0 Å². The van der Waals surface area contributed by atoms with Crippen molar-refractivity contribution < 1.29 is 19.1 Å². The van der Waals surface area contributed by atoms with E-state index >= 15 is 0 Å². The standard InChI is InChI=1S/C13H18N2O4S/c1-9(16)14-6-5-12(17)15-10(8-13(18)19-2)11-4-3-7-20-11/h3-4,7,10H,5-6,8H2,1-2H3,(H,14,16)(H,15,17). The van der Waals surface area contributed by atoms with E-state index in [1.807, 2.05) is 17.5 Å². The van der Waals surface area contributed by atoms with Crippen molar-refractivity contribution in [3.05, 3.63) is 22.4 Å². The lowest BCUT2D eigenvalue weighted by molar-refractivity contribution is -0.141. The highest BCUT2D eigenvalue weighted by Gasteiger charge is 2.19. The van der Waals surface area contributed by atoms with Crippen molar-refractivity contribution in [3.8, 4) is 0 Å². The minimum absolute atomic E-state index is 0.0862. The summed E-state index contributed by atoms with van der Waals surface area (Å²) in [5, 5.41) is 7.20.